The lowest BCUT2D eigenvalue weighted by molar-refractivity contribution is -0.136. The standard InChI is InChI=1S/C18H24Cl2N2O/c1-13(21-8-4-9-21)17-5-2-3-10-22(17)18(23)12-14-6-7-15(19)16(20)11-14/h6-7,11,13,17H,2-5,8-10,12H2,1H3/t13-,17?/m0/s1. The van der Waals surface area contributed by atoms with Gasteiger partial charge in [0, 0.05) is 18.6 Å². The smallest absolute Gasteiger partial charge is 0.227 e. The molecule has 2 fully saturated rings. The van der Waals surface area contributed by atoms with E-state index in [-0.39, 0.29) is 5.91 Å². The summed E-state index contributed by atoms with van der Waals surface area (Å²) >= 11 is 12.0. The molecule has 2 heterocycles. The highest BCUT2D eigenvalue weighted by atomic mass is 35.5. The predicted octanol–water partition coefficient (Wildman–Crippen LogP) is 4.01. The molecule has 126 valence electrons. The van der Waals surface area contributed by atoms with E-state index in [0.717, 1.165) is 24.9 Å². The van der Waals surface area contributed by atoms with Gasteiger partial charge in [-0.25, -0.2) is 0 Å². The molecule has 0 radical (unpaired) electrons. The van der Waals surface area contributed by atoms with Crippen LogP contribution in [0.25, 0.3) is 0 Å². The Hall–Kier alpha value is -0.770. The highest BCUT2D eigenvalue weighted by Gasteiger charge is 2.35. The van der Waals surface area contributed by atoms with E-state index in [0.29, 0.717) is 28.5 Å². The molecule has 0 aromatic heterocycles. The van der Waals surface area contributed by atoms with Gasteiger partial charge in [-0.3, -0.25) is 9.69 Å². The molecule has 2 aliphatic heterocycles. The lowest BCUT2D eigenvalue weighted by Crippen LogP contribution is -2.57. The summed E-state index contributed by atoms with van der Waals surface area (Å²) in [6.07, 6.45) is 5.13. The molecule has 1 unspecified atom stereocenters. The van der Waals surface area contributed by atoms with Gasteiger partial charge in [0.15, 0.2) is 0 Å². The fraction of sp³-hybridized carbons (Fsp3) is 0.611. The summed E-state index contributed by atoms with van der Waals surface area (Å²) < 4.78 is 0. The van der Waals surface area contributed by atoms with Crippen molar-refractivity contribution in [3.8, 4) is 0 Å². The number of hydrogen-bond donors (Lipinski definition) is 0. The number of nitrogens with zero attached hydrogens (tertiary/aromatic N) is 2. The Morgan fingerprint density at radius 2 is 1.96 bits per heavy atom. The van der Waals surface area contributed by atoms with Crippen LogP contribution < -0.4 is 0 Å². The third-order valence-electron chi connectivity index (χ3n) is 5.23. The third-order valence-corrected chi connectivity index (χ3v) is 5.97. The van der Waals surface area contributed by atoms with Gasteiger partial charge < -0.3 is 4.90 Å². The van der Waals surface area contributed by atoms with E-state index in [1.807, 2.05) is 6.07 Å². The number of hydrogen-bond acceptors (Lipinski definition) is 2. The maximum Gasteiger partial charge on any atom is 0.227 e. The van der Waals surface area contributed by atoms with Gasteiger partial charge in [-0.15, -0.1) is 0 Å². The van der Waals surface area contributed by atoms with Gasteiger partial charge in [0.2, 0.25) is 5.91 Å². The van der Waals surface area contributed by atoms with E-state index in [4.69, 9.17) is 23.2 Å². The van der Waals surface area contributed by atoms with Gasteiger partial charge in [-0.2, -0.15) is 0 Å². The molecule has 3 rings (SSSR count). The van der Waals surface area contributed by atoms with E-state index in [1.165, 1.54) is 25.9 Å². The van der Waals surface area contributed by atoms with E-state index >= 15 is 0 Å². The Labute approximate surface area is 148 Å². The van der Waals surface area contributed by atoms with Gasteiger partial charge in [0.25, 0.3) is 0 Å². The third kappa shape index (κ3) is 3.84. The van der Waals surface area contributed by atoms with Gasteiger partial charge in [-0.05, 0) is 63.4 Å². The van der Waals surface area contributed by atoms with Crippen LogP contribution in [-0.2, 0) is 11.2 Å². The summed E-state index contributed by atoms with van der Waals surface area (Å²) in [7, 11) is 0. The van der Waals surface area contributed by atoms with E-state index in [2.05, 4.69) is 16.7 Å². The topological polar surface area (TPSA) is 23.6 Å². The van der Waals surface area contributed by atoms with Crippen molar-refractivity contribution in [3.63, 3.8) is 0 Å². The molecule has 1 amide bonds. The molecule has 5 heteroatoms. The van der Waals surface area contributed by atoms with Crippen molar-refractivity contribution in [1.29, 1.82) is 0 Å². The predicted molar refractivity (Wildman–Crippen MR) is 95.2 cm³/mol. The molecule has 1 aromatic carbocycles. The van der Waals surface area contributed by atoms with E-state index in [1.54, 1.807) is 12.1 Å². The Kier molecular flexibility index (Phi) is 5.50. The van der Waals surface area contributed by atoms with Crippen molar-refractivity contribution >= 4 is 29.1 Å². The zero-order valence-electron chi connectivity index (χ0n) is 13.6. The molecule has 2 saturated heterocycles. The molecular weight excluding hydrogens is 331 g/mol. The van der Waals surface area contributed by atoms with Crippen LogP contribution in [0.4, 0.5) is 0 Å². The largest absolute Gasteiger partial charge is 0.338 e. The molecule has 1 aromatic rings. The van der Waals surface area contributed by atoms with Gasteiger partial charge in [-0.1, -0.05) is 29.3 Å². The van der Waals surface area contributed by atoms with Crippen LogP contribution >= 0.6 is 23.2 Å². The first kappa shape index (κ1) is 17.1. The number of amides is 1. The number of halogens is 2. The first-order chi connectivity index (χ1) is 11.1. The van der Waals surface area contributed by atoms with E-state index < -0.39 is 0 Å². The van der Waals surface area contributed by atoms with Crippen molar-refractivity contribution in [3.05, 3.63) is 33.8 Å². The molecule has 0 aliphatic carbocycles. The zero-order valence-corrected chi connectivity index (χ0v) is 15.1. The summed E-state index contributed by atoms with van der Waals surface area (Å²) in [6.45, 7) is 5.50. The van der Waals surface area contributed by atoms with Crippen LogP contribution in [0, 0.1) is 0 Å². The number of carbonyl (C=O) groups excluding carboxylic acids is 1. The minimum absolute atomic E-state index is 0.209. The minimum atomic E-state index is 0.209. The first-order valence-corrected chi connectivity index (χ1v) is 9.29. The summed E-state index contributed by atoms with van der Waals surface area (Å²) in [6, 6.07) is 6.27. The monoisotopic (exact) mass is 354 g/mol. The van der Waals surface area contributed by atoms with Crippen molar-refractivity contribution in [2.24, 2.45) is 0 Å². The van der Waals surface area contributed by atoms with Crippen LogP contribution in [0.15, 0.2) is 18.2 Å². The lowest BCUT2D eigenvalue weighted by atomic mass is 9.93. The summed E-state index contributed by atoms with van der Waals surface area (Å²) in [4.78, 5) is 17.4. The summed E-state index contributed by atoms with van der Waals surface area (Å²) in [5.41, 5.74) is 0.935. The second-order valence-electron chi connectivity index (χ2n) is 6.71. The minimum Gasteiger partial charge on any atom is -0.338 e. The number of carbonyl (C=O) groups is 1. The quantitative estimate of drug-likeness (QED) is 0.815. The number of piperidine rings is 1. The SMILES string of the molecule is C[C@@H](C1CCCCN1C(=O)Cc1ccc(Cl)c(Cl)c1)N1CCC1. The number of benzene rings is 1. The van der Waals surface area contributed by atoms with Gasteiger partial charge in [0.1, 0.15) is 0 Å². The molecule has 3 nitrogen and oxygen atoms in total. The summed E-state index contributed by atoms with van der Waals surface area (Å²) in [5, 5.41) is 1.05. The number of rotatable bonds is 4. The lowest BCUT2D eigenvalue weighted by Gasteiger charge is -2.46. The van der Waals surface area contributed by atoms with Crippen LogP contribution in [0.2, 0.25) is 10.0 Å². The zero-order chi connectivity index (χ0) is 16.4. The molecule has 0 N–H and O–H groups in total. The van der Waals surface area contributed by atoms with E-state index in [9.17, 15) is 4.79 Å². The maximum absolute atomic E-state index is 12.8. The average molecular weight is 355 g/mol. The molecule has 0 spiro atoms. The average Bonchev–Trinajstić information content (AvgIpc) is 2.49. The molecule has 0 saturated carbocycles. The Morgan fingerprint density at radius 3 is 2.61 bits per heavy atom. The maximum atomic E-state index is 12.8. The van der Waals surface area contributed by atoms with Gasteiger partial charge in [0.05, 0.1) is 16.5 Å². The summed E-state index contributed by atoms with van der Waals surface area (Å²) in [5.74, 6) is 0.209. The fourth-order valence-electron chi connectivity index (χ4n) is 3.69. The van der Waals surface area contributed by atoms with Crippen molar-refractivity contribution in [2.45, 2.75) is 51.1 Å². The second-order valence-corrected chi connectivity index (χ2v) is 7.52. The molecule has 23 heavy (non-hydrogen) atoms. The highest BCUT2D eigenvalue weighted by molar-refractivity contribution is 6.42. The fourth-order valence-corrected chi connectivity index (χ4v) is 4.01. The molecule has 0 bridgehead atoms. The van der Waals surface area contributed by atoms with Crippen molar-refractivity contribution in [1.82, 2.24) is 9.80 Å². The molecule has 2 aliphatic rings. The van der Waals surface area contributed by atoms with Gasteiger partial charge >= 0.3 is 0 Å². The Balaban J connectivity index is 1.69. The Morgan fingerprint density at radius 1 is 1.17 bits per heavy atom. The molecule has 2 atom stereocenters. The van der Waals surface area contributed by atoms with Crippen LogP contribution in [0.1, 0.15) is 38.2 Å². The normalized spacial score (nSPS) is 23.4. The molecular formula is C18H24Cl2N2O. The Bertz CT molecular complexity index is 574. The highest BCUT2D eigenvalue weighted by Crippen LogP contribution is 2.27. The van der Waals surface area contributed by atoms with Crippen molar-refractivity contribution in [2.75, 3.05) is 19.6 Å². The van der Waals surface area contributed by atoms with Crippen molar-refractivity contribution < 1.29 is 4.79 Å². The van der Waals surface area contributed by atoms with Crippen LogP contribution in [-0.4, -0.2) is 47.4 Å². The second kappa shape index (κ2) is 7.42. The van der Waals surface area contributed by atoms with Crippen LogP contribution in [0.3, 0.4) is 0 Å². The van der Waals surface area contributed by atoms with Crippen LogP contribution in [0.5, 0.6) is 0 Å². The first-order valence-electron chi connectivity index (χ1n) is 8.53. The number of likely N-dealkylation sites (tertiary alicyclic amines) is 2.